The third kappa shape index (κ3) is 1.86. The van der Waals surface area contributed by atoms with Crippen molar-refractivity contribution < 1.29 is 24.7 Å². The van der Waals surface area contributed by atoms with Gasteiger partial charge in [-0.1, -0.05) is 0 Å². The number of hydrogen-bond donors (Lipinski definition) is 2. The summed E-state index contributed by atoms with van der Waals surface area (Å²) >= 11 is 0. The van der Waals surface area contributed by atoms with Crippen LogP contribution in [0, 0.1) is 16.0 Å². The van der Waals surface area contributed by atoms with Gasteiger partial charge >= 0.3 is 5.97 Å². The number of rotatable bonds is 2. The smallest absolute Gasteiger partial charge is 0.310 e. The highest BCUT2D eigenvalue weighted by atomic mass is 16.6. The summed E-state index contributed by atoms with van der Waals surface area (Å²) in [4.78, 5) is 21.0. The molecule has 90 valence electrons. The third-order valence-electron chi connectivity index (χ3n) is 2.64. The first-order valence-electron chi connectivity index (χ1n) is 4.85. The third-order valence-corrected chi connectivity index (χ3v) is 2.64. The van der Waals surface area contributed by atoms with Crippen LogP contribution in [0.15, 0.2) is 12.1 Å². The highest BCUT2D eigenvalue weighted by Gasteiger charge is 2.32. The average molecular weight is 239 g/mol. The standard InChI is InChI=1S/C10H9NO6/c12-8-2-1-7(11(15)16)6-3-5(10(13)14)4-17-9(6)8/h1-2,5,12H,3-4H2,(H,13,14). The quantitative estimate of drug-likeness (QED) is 0.586. The molecule has 0 spiro atoms. The maximum absolute atomic E-state index is 10.8. The number of ether oxygens (including phenoxy) is 1. The first kappa shape index (κ1) is 11.2. The molecular weight excluding hydrogens is 230 g/mol. The van der Waals surface area contributed by atoms with E-state index in [9.17, 15) is 20.0 Å². The predicted octanol–water partition coefficient (Wildman–Crippen LogP) is 0.936. The molecule has 2 N–H and O–H groups in total. The molecule has 0 amide bonds. The normalized spacial score (nSPS) is 18.0. The molecule has 17 heavy (non-hydrogen) atoms. The van der Waals surface area contributed by atoms with E-state index in [1.807, 2.05) is 0 Å². The molecule has 0 aliphatic carbocycles. The van der Waals surface area contributed by atoms with Gasteiger partial charge in [0.05, 0.1) is 16.4 Å². The van der Waals surface area contributed by atoms with E-state index in [4.69, 9.17) is 9.84 Å². The zero-order valence-electron chi connectivity index (χ0n) is 8.62. The Hall–Kier alpha value is -2.31. The number of carboxylic acid groups (broad SMARTS) is 1. The van der Waals surface area contributed by atoms with E-state index in [0.29, 0.717) is 0 Å². The number of nitro benzene ring substituents is 1. The summed E-state index contributed by atoms with van der Waals surface area (Å²) in [5.74, 6) is -2.11. The summed E-state index contributed by atoms with van der Waals surface area (Å²) < 4.78 is 5.08. The molecule has 0 saturated heterocycles. The van der Waals surface area contributed by atoms with Crippen LogP contribution in [-0.2, 0) is 11.2 Å². The average Bonchev–Trinajstić information content (AvgIpc) is 2.28. The minimum Gasteiger partial charge on any atom is -0.504 e. The molecule has 0 fully saturated rings. The summed E-state index contributed by atoms with van der Waals surface area (Å²) in [6.45, 7) is -0.100. The minimum absolute atomic E-state index is 0.0108. The Morgan fingerprint density at radius 2 is 2.24 bits per heavy atom. The molecule has 1 heterocycles. The van der Waals surface area contributed by atoms with Crippen LogP contribution in [0.25, 0.3) is 0 Å². The van der Waals surface area contributed by atoms with E-state index in [2.05, 4.69) is 0 Å². The number of benzene rings is 1. The van der Waals surface area contributed by atoms with Crippen LogP contribution < -0.4 is 4.74 Å². The zero-order chi connectivity index (χ0) is 12.6. The molecule has 1 aliphatic rings. The van der Waals surface area contributed by atoms with E-state index in [1.54, 1.807) is 0 Å². The van der Waals surface area contributed by atoms with E-state index in [-0.39, 0.29) is 35.8 Å². The molecule has 7 heteroatoms. The van der Waals surface area contributed by atoms with Crippen LogP contribution >= 0.6 is 0 Å². The SMILES string of the molecule is O=C(O)C1COc2c(O)ccc([N+](=O)[O-])c2C1. The van der Waals surface area contributed by atoms with Gasteiger partial charge in [0.2, 0.25) is 0 Å². The van der Waals surface area contributed by atoms with Gasteiger partial charge in [0.1, 0.15) is 6.61 Å². The van der Waals surface area contributed by atoms with Crippen molar-refractivity contribution in [3.05, 3.63) is 27.8 Å². The lowest BCUT2D eigenvalue weighted by atomic mass is 9.95. The van der Waals surface area contributed by atoms with Crippen molar-refractivity contribution in [1.82, 2.24) is 0 Å². The van der Waals surface area contributed by atoms with Crippen molar-refractivity contribution in [1.29, 1.82) is 0 Å². The molecule has 7 nitrogen and oxygen atoms in total. The van der Waals surface area contributed by atoms with Crippen molar-refractivity contribution in [2.45, 2.75) is 6.42 Å². The van der Waals surface area contributed by atoms with Crippen LogP contribution in [-0.4, -0.2) is 27.7 Å². The molecule has 1 aromatic rings. The van der Waals surface area contributed by atoms with Crippen LogP contribution in [0.2, 0.25) is 0 Å². The summed E-state index contributed by atoms with van der Waals surface area (Å²) in [5.41, 5.74) is -0.0996. The van der Waals surface area contributed by atoms with Gasteiger partial charge in [0.25, 0.3) is 5.69 Å². The molecule has 1 unspecified atom stereocenters. The number of carbonyl (C=O) groups is 1. The molecule has 0 aromatic heterocycles. The Labute approximate surface area is 95.4 Å². The Morgan fingerprint density at radius 1 is 1.53 bits per heavy atom. The number of phenols is 1. The second-order valence-corrected chi connectivity index (χ2v) is 3.72. The van der Waals surface area contributed by atoms with Crippen LogP contribution in [0.4, 0.5) is 5.69 Å². The van der Waals surface area contributed by atoms with Gasteiger partial charge in [-0.25, -0.2) is 0 Å². The first-order valence-corrected chi connectivity index (χ1v) is 4.85. The van der Waals surface area contributed by atoms with Gasteiger partial charge in [-0.2, -0.15) is 0 Å². The van der Waals surface area contributed by atoms with Gasteiger partial charge in [-0.15, -0.1) is 0 Å². The van der Waals surface area contributed by atoms with Crippen molar-refractivity contribution >= 4 is 11.7 Å². The Balaban J connectivity index is 2.49. The van der Waals surface area contributed by atoms with Gasteiger partial charge < -0.3 is 14.9 Å². The predicted molar refractivity (Wildman–Crippen MR) is 55.1 cm³/mol. The summed E-state index contributed by atoms with van der Waals surface area (Å²) in [7, 11) is 0. The molecule has 0 saturated carbocycles. The zero-order valence-corrected chi connectivity index (χ0v) is 8.62. The Morgan fingerprint density at radius 3 is 2.82 bits per heavy atom. The molecular formula is C10H9NO6. The summed E-state index contributed by atoms with van der Waals surface area (Å²) in [6, 6.07) is 2.31. The summed E-state index contributed by atoms with van der Waals surface area (Å²) in [5, 5.41) is 29.1. The van der Waals surface area contributed by atoms with Crippen LogP contribution in [0.3, 0.4) is 0 Å². The van der Waals surface area contributed by atoms with Gasteiger partial charge in [-0.3, -0.25) is 14.9 Å². The fraction of sp³-hybridized carbons (Fsp3) is 0.300. The molecule has 1 aliphatic heterocycles. The summed E-state index contributed by atoms with van der Waals surface area (Å²) in [6.07, 6.45) is -0.0185. The highest BCUT2D eigenvalue weighted by molar-refractivity contribution is 5.72. The Kier molecular flexibility index (Phi) is 2.58. The molecule has 1 atom stereocenters. The number of carboxylic acids is 1. The largest absolute Gasteiger partial charge is 0.504 e. The van der Waals surface area contributed by atoms with Crippen molar-refractivity contribution in [2.75, 3.05) is 6.61 Å². The number of nitrogens with zero attached hydrogens (tertiary/aromatic N) is 1. The highest BCUT2D eigenvalue weighted by Crippen LogP contribution is 2.40. The van der Waals surface area contributed by atoms with Crippen LogP contribution in [0.1, 0.15) is 5.56 Å². The number of phenolic OH excluding ortho intramolecular Hbond substituents is 1. The van der Waals surface area contributed by atoms with Crippen molar-refractivity contribution in [3.63, 3.8) is 0 Å². The fourth-order valence-corrected chi connectivity index (χ4v) is 1.78. The number of fused-ring (bicyclic) bond motifs is 1. The second-order valence-electron chi connectivity index (χ2n) is 3.72. The van der Waals surface area contributed by atoms with Gasteiger partial charge in [0.15, 0.2) is 11.5 Å². The topological polar surface area (TPSA) is 110 Å². The fourth-order valence-electron chi connectivity index (χ4n) is 1.78. The number of nitro groups is 1. The molecule has 2 rings (SSSR count). The lowest BCUT2D eigenvalue weighted by Crippen LogP contribution is -2.28. The number of aliphatic carboxylic acids is 1. The monoisotopic (exact) mass is 239 g/mol. The molecule has 1 aromatic carbocycles. The first-order chi connectivity index (χ1) is 8.00. The maximum atomic E-state index is 10.8. The second kappa shape index (κ2) is 3.93. The number of aromatic hydroxyl groups is 1. The van der Waals surface area contributed by atoms with Crippen LogP contribution in [0.5, 0.6) is 11.5 Å². The van der Waals surface area contributed by atoms with Gasteiger partial charge in [0, 0.05) is 6.07 Å². The lowest BCUT2D eigenvalue weighted by molar-refractivity contribution is -0.385. The van der Waals surface area contributed by atoms with E-state index in [0.717, 1.165) is 12.1 Å². The van der Waals surface area contributed by atoms with E-state index >= 15 is 0 Å². The van der Waals surface area contributed by atoms with Gasteiger partial charge in [-0.05, 0) is 12.5 Å². The molecule has 0 radical (unpaired) electrons. The minimum atomic E-state index is -1.08. The van der Waals surface area contributed by atoms with Crippen molar-refractivity contribution in [3.8, 4) is 11.5 Å². The van der Waals surface area contributed by atoms with E-state index < -0.39 is 16.8 Å². The van der Waals surface area contributed by atoms with Crippen molar-refractivity contribution in [2.24, 2.45) is 5.92 Å². The lowest BCUT2D eigenvalue weighted by Gasteiger charge is -2.22. The van der Waals surface area contributed by atoms with E-state index in [1.165, 1.54) is 0 Å². The maximum Gasteiger partial charge on any atom is 0.310 e. The number of hydrogen-bond acceptors (Lipinski definition) is 5. The Bertz CT molecular complexity index is 498. The molecule has 0 bridgehead atoms.